The predicted molar refractivity (Wildman–Crippen MR) is 46.9 cm³/mol. The van der Waals surface area contributed by atoms with Crippen molar-refractivity contribution in [3.8, 4) is 0 Å². The highest BCUT2D eigenvalue weighted by atomic mass is 16.6. The molecule has 14 heavy (non-hydrogen) atoms. The first kappa shape index (κ1) is 8.86. The van der Waals surface area contributed by atoms with Crippen LogP contribution in [0.15, 0.2) is 0 Å². The van der Waals surface area contributed by atoms with Crippen molar-refractivity contribution in [3.05, 3.63) is 21.6 Å². The number of Topliss-reactive ketones (excluding diaryl/α,β-unsaturated/α-hetero) is 1. The highest BCUT2D eigenvalue weighted by Gasteiger charge is 2.29. The Balaban J connectivity index is 2.55. The SMILES string of the molecule is Cc1nc([N+](=O)[O-])c2n1CCC(=O)C2. The fourth-order valence-corrected chi connectivity index (χ4v) is 1.72. The number of rotatable bonds is 1. The lowest BCUT2D eigenvalue weighted by atomic mass is 10.1. The summed E-state index contributed by atoms with van der Waals surface area (Å²) in [7, 11) is 0. The van der Waals surface area contributed by atoms with Crippen LogP contribution in [0.5, 0.6) is 0 Å². The van der Waals surface area contributed by atoms with E-state index in [9.17, 15) is 14.9 Å². The molecule has 0 spiro atoms. The summed E-state index contributed by atoms with van der Waals surface area (Å²) in [4.78, 5) is 25.1. The van der Waals surface area contributed by atoms with Crippen LogP contribution < -0.4 is 0 Å². The Morgan fingerprint density at radius 3 is 2.93 bits per heavy atom. The number of hydrogen-bond donors (Lipinski definition) is 0. The van der Waals surface area contributed by atoms with Gasteiger partial charge in [-0.1, -0.05) is 0 Å². The number of carbonyl (C=O) groups is 1. The topological polar surface area (TPSA) is 78.0 Å². The molecule has 1 aromatic heterocycles. The van der Waals surface area contributed by atoms with Gasteiger partial charge in [0.15, 0.2) is 0 Å². The second-order valence-electron chi connectivity index (χ2n) is 3.30. The standard InChI is InChI=1S/C8H9N3O3/c1-5-9-8(11(13)14)7-4-6(12)2-3-10(5)7/h2-4H2,1H3. The minimum atomic E-state index is -0.530. The second-order valence-corrected chi connectivity index (χ2v) is 3.30. The van der Waals surface area contributed by atoms with Gasteiger partial charge in [-0.25, -0.2) is 0 Å². The largest absolute Gasteiger partial charge is 0.385 e. The molecule has 0 atom stereocenters. The summed E-state index contributed by atoms with van der Waals surface area (Å²) >= 11 is 0. The van der Waals surface area contributed by atoms with Crippen molar-refractivity contribution in [2.45, 2.75) is 26.3 Å². The maximum atomic E-state index is 11.1. The maximum Gasteiger partial charge on any atom is 0.385 e. The molecule has 0 fully saturated rings. The van der Waals surface area contributed by atoms with Gasteiger partial charge in [0.25, 0.3) is 0 Å². The Morgan fingerprint density at radius 1 is 1.57 bits per heavy atom. The van der Waals surface area contributed by atoms with E-state index in [1.165, 1.54) is 0 Å². The Morgan fingerprint density at radius 2 is 2.29 bits per heavy atom. The molecule has 2 rings (SSSR count). The fraction of sp³-hybridized carbons (Fsp3) is 0.500. The van der Waals surface area contributed by atoms with E-state index in [2.05, 4.69) is 4.98 Å². The molecule has 0 bridgehead atoms. The van der Waals surface area contributed by atoms with Crippen LogP contribution in [0.3, 0.4) is 0 Å². The van der Waals surface area contributed by atoms with E-state index >= 15 is 0 Å². The maximum absolute atomic E-state index is 11.1. The first-order valence-corrected chi connectivity index (χ1v) is 4.31. The van der Waals surface area contributed by atoms with Gasteiger partial charge in [0.1, 0.15) is 11.5 Å². The molecule has 0 radical (unpaired) electrons. The summed E-state index contributed by atoms with van der Waals surface area (Å²) in [6.07, 6.45) is 0.582. The summed E-state index contributed by atoms with van der Waals surface area (Å²) in [5.74, 6) is 0.482. The van der Waals surface area contributed by atoms with Gasteiger partial charge in [-0.05, 0) is 9.91 Å². The normalized spacial score (nSPS) is 15.4. The van der Waals surface area contributed by atoms with Crippen LogP contribution in [0.2, 0.25) is 0 Å². The number of nitrogens with zero attached hydrogens (tertiary/aromatic N) is 3. The third-order valence-electron chi connectivity index (χ3n) is 2.39. The Bertz CT molecular complexity index is 422. The van der Waals surface area contributed by atoms with Crippen LogP contribution >= 0.6 is 0 Å². The lowest BCUT2D eigenvalue weighted by Crippen LogP contribution is -2.19. The van der Waals surface area contributed by atoms with Crippen molar-refractivity contribution >= 4 is 11.6 Å². The van der Waals surface area contributed by atoms with Gasteiger partial charge in [0, 0.05) is 19.9 Å². The number of hydrogen-bond acceptors (Lipinski definition) is 4. The number of aromatic nitrogens is 2. The highest BCUT2D eigenvalue weighted by molar-refractivity contribution is 5.82. The van der Waals surface area contributed by atoms with Gasteiger partial charge in [-0.15, -0.1) is 0 Å². The molecule has 1 aliphatic rings. The smallest absolute Gasteiger partial charge is 0.358 e. The van der Waals surface area contributed by atoms with Crippen LogP contribution in [0.25, 0.3) is 0 Å². The van der Waals surface area contributed by atoms with Crippen molar-refractivity contribution in [2.24, 2.45) is 0 Å². The molecule has 0 aromatic carbocycles. The monoisotopic (exact) mass is 195 g/mol. The molecule has 1 aromatic rings. The van der Waals surface area contributed by atoms with E-state index in [1.54, 1.807) is 11.5 Å². The summed E-state index contributed by atoms with van der Waals surface area (Å²) in [6.45, 7) is 2.23. The molecular weight excluding hydrogens is 186 g/mol. The van der Waals surface area contributed by atoms with Crippen LogP contribution in [-0.2, 0) is 17.8 Å². The number of carbonyl (C=O) groups excluding carboxylic acids is 1. The van der Waals surface area contributed by atoms with Gasteiger partial charge in [0.2, 0.25) is 5.82 Å². The van der Waals surface area contributed by atoms with E-state index in [0.717, 1.165) is 0 Å². The average Bonchev–Trinajstić information content (AvgIpc) is 2.43. The number of aryl methyl sites for hydroxylation is 1. The molecule has 0 amide bonds. The van der Waals surface area contributed by atoms with Gasteiger partial charge in [-0.2, -0.15) is 0 Å². The molecule has 6 heteroatoms. The molecule has 0 saturated heterocycles. The van der Waals surface area contributed by atoms with Crippen molar-refractivity contribution in [2.75, 3.05) is 0 Å². The van der Waals surface area contributed by atoms with E-state index in [1.807, 2.05) is 0 Å². The van der Waals surface area contributed by atoms with Gasteiger partial charge in [-0.3, -0.25) is 4.79 Å². The van der Waals surface area contributed by atoms with Crippen LogP contribution in [-0.4, -0.2) is 20.3 Å². The third-order valence-corrected chi connectivity index (χ3v) is 2.39. The zero-order valence-electron chi connectivity index (χ0n) is 7.69. The summed E-state index contributed by atoms with van der Waals surface area (Å²) in [6, 6.07) is 0. The first-order chi connectivity index (χ1) is 6.59. The van der Waals surface area contributed by atoms with E-state index in [-0.39, 0.29) is 18.0 Å². The zero-order valence-corrected chi connectivity index (χ0v) is 7.69. The summed E-state index contributed by atoms with van der Waals surface area (Å²) < 4.78 is 1.75. The van der Waals surface area contributed by atoms with Gasteiger partial charge < -0.3 is 14.7 Å². The molecule has 2 heterocycles. The van der Waals surface area contributed by atoms with Crippen molar-refractivity contribution < 1.29 is 9.72 Å². The molecule has 0 saturated carbocycles. The number of imidazole rings is 1. The molecule has 0 N–H and O–H groups in total. The van der Waals surface area contributed by atoms with E-state index < -0.39 is 4.92 Å². The molecule has 6 nitrogen and oxygen atoms in total. The Labute approximate surface area is 79.7 Å². The minimum absolute atomic E-state index is 0.0421. The summed E-state index contributed by atoms with van der Waals surface area (Å²) in [5.41, 5.74) is 0.448. The number of ketones is 1. The van der Waals surface area contributed by atoms with Gasteiger partial charge >= 0.3 is 5.82 Å². The van der Waals surface area contributed by atoms with Crippen molar-refractivity contribution in [3.63, 3.8) is 0 Å². The number of nitro groups is 1. The molecule has 0 unspecified atom stereocenters. The Hall–Kier alpha value is -1.72. The van der Waals surface area contributed by atoms with E-state index in [0.29, 0.717) is 24.5 Å². The third kappa shape index (κ3) is 1.19. The average molecular weight is 195 g/mol. The summed E-state index contributed by atoms with van der Waals surface area (Å²) in [5, 5.41) is 10.6. The molecule has 74 valence electrons. The second kappa shape index (κ2) is 2.90. The Kier molecular flexibility index (Phi) is 1.83. The lowest BCUT2D eigenvalue weighted by Gasteiger charge is -2.12. The van der Waals surface area contributed by atoms with Crippen LogP contribution in [0, 0.1) is 17.0 Å². The molecule has 1 aliphatic heterocycles. The fourth-order valence-electron chi connectivity index (χ4n) is 1.72. The minimum Gasteiger partial charge on any atom is -0.358 e. The molecular formula is C8H9N3O3. The van der Waals surface area contributed by atoms with Crippen LogP contribution in [0.4, 0.5) is 5.82 Å². The first-order valence-electron chi connectivity index (χ1n) is 4.31. The van der Waals surface area contributed by atoms with Crippen molar-refractivity contribution in [1.29, 1.82) is 0 Å². The lowest BCUT2D eigenvalue weighted by molar-refractivity contribution is -0.390. The molecule has 0 aliphatic carbocycles. The van der Waals surface area contributed by atoms with Crippen molar-refractivity contribution in [1.82, 2.24) is 9.55 Å². The predicted octanol–water partition coefficient (Wildman–Crippen LogP) is 0.615. The zero-order chi connectivity index (χ0) is 10.3. The van der Waals surface area contributed by atoms with E-state index in [4.69, 9.17) is 0 Å². The van der Waals surface area contributed by atoms with Crippen LogP contribution in [0.1, 0.15) is 17.9 Å². The highest BCUT2D eigenvalue weighted by Crippen LogP contribution is 2.23. The van der Waals surface area contributed by atoms with Gasteiger partial charge in [0.05, 0.1) is 6.42 Å². The quantitative estimate of drug-likeness (QED) is 0.486. The number of fused-ring (bicyclic) bond motifs is 1.